The number of carboxylic acid groups (broad SMARTS) is 1. The molecule has 1 fully saturated rings. The highest BCUT2D eigenvalue weighted by Gasteiger charge is 2.34. The molecule has 4 heterocycles. The summed E-state index contributed by atoms with van der Waals surface area (Å²) >= 11 is 3.50. The van der Waals surface area contributed by atoms with Crippen molar-refractivity contribution in [3.63, 3.8) is 0 Å². The van der Waals surface area contributed by atoms with Gasteiger partial charge in [0.2, 0.25) is 5.91 Å². The van der Waals surface area contributed by atoms with Gasteiger partial charge in [0.1, 0.15) is 10.8 Å². The van der Waals surface area contributed by atoms with Crippen LogP contribution in [0.25, 0.3) is 0 Å². The third-order valence-electron chi connectivity index (χ3n) is 5.30. The van der Waals surface area contributed by atoms with E-state index in [4.69, 9.17) is 0 Å². The molecule has 2 aromatic heterocycles. The minimum absolute atomic E-state index is 0.0633. The Balaban J connectivity index is 1.43. The topological polar surface area (TPSA) is 75.4 Å². The molecule has 2 aliphatic heterocycles. The van der Waals surface area contributed by atoms with E-state index in [0.29, 0.717) is 18.8 Å². The number of hydrogen-bond donors (Lipinski definition) is 1. The fourth-order valence-corrected chi connectivity index (χ4v) is 6.22. The maximum Gasteiger partial charge on any atom is 0.339 e. The Morgan fingerprint density at radius 2 is 2.08 bits per heavy atom. The Morgan fingerprint density at radius 3 is 2.77 bits per heavy atom. The maximum atomic E-state index is 13.0. The van der Waals surface area contributed by atoms with Gasteiger partial charge in [-0.25, -0.2) is 4.79 Å². The molecule has 0 aromatic carbocycles. The van der Waals surface area contributed by atoms with Crippen molar-refractivity contribution in [1.82, 2.24) is 14.7 Å². The summed E-state index contributed by atoms with van der Waals surface area (Å²) in [6.07, 6.45) is 4.10. The lowest BCUT2D eigenvalue weighted by molar-refractivity contribution is -0.132. The van der Waals surface area contributed by atoms with E-state index in [2.05, 4.69) is 16.5 Å². The summed E-state index contributed by atoms with van der Waals surface area (Å²) in [6, 6.07) is 2.25. The van der Waals surface area contributed by atoms with Crippen molar-refractivity contribution in [2.75, 3.05) is 18.8 Å². The molecule has 6 nitrogen and oxygen atoms in total. The van der Waals surface area contributed by atoms with E-state index < -0.39 is 5.97 Å². The molecule has 138 valence electrons. The van der Waals surface area contributed by atoms with Crippen LogP contribution in [0, 0.1) is 6.92 Å². The number of rotatable bonds is 3. The van der Waals surface area contributed by atoms with Crippen molar-refractivity contribution in [2.45, 2.75) is 37.5 Å². The normalized spacial score (nSPS) is 20.8. The quantitative estimate of drug-likeness (QED) is 0.870. The van der Waals surface area contributed by atoms with Gasteiger partial charge in [0.25, 0.3) is 0 Å². The lowest BCUT2D eigenvalue weighted by Gasteiger charge is -2.35. The molecule has 1 atom stereocenters. The number of nitrogens with zero attached hydrogens (tertiary/aromatic N) is 3. The van der Waals surface area contributed by atoms with Gasteiger partial charge < -0.3 is 10.0 Å². The van der Waals surface area contributed by atoms with Crippen LogP contribution in [0.4, 0.5) is 0 Å². The van der Waals surface area contributed by atoms with E-state index in [9.17, 15) is 14.7 Å². The monoisotopic (exact) mass is 391 g/mol. The van der Waals surface area contributed by atoms with E-state index in [-0.39, 0.29) is 22.8 Å². The van der Waals surface area contributed by atoms with Crippen LogP contribution in [0.1, 0.15) is 50.6 Å². The molecule has 8 heteroatoms. The van der Waals surface area contributed by atoms with E-state index in [0.717, 1.165) is 25.0 Å². The summed E-state index contributed by atoms with van der Waals surface area (Å²) in [5, 5.41) is 15.5. The number of thioether (sulfide) groups is 1. The van der Waals surface area contributed by atoms with Crippen LogP contribution in [-0.2, 0) is 11.2 Å². The summed E-state index contributed by atoms with van der Waals surface area (Å²) in [5.74, 6) is 0.281. The van der Waals surface area contributed by atoms with E-state index in [1.807, 2.05) is 9.58 Å². The first kappa shape index (κ1) is 17.6. The molecule has 2 aliphatic rings. The molecule has 1 unspecified atom stereocenters. The van der Waals surface area contributed by atoms with Crippen molar-refractivity contribution in [3.05, 3.63) is 39.3 Å². The van der Waals surface area contributed by atoms with Crippen molar-refractivity contribution >= 4 is 35.0 Å². The van der Waals surface area contributed by atoms with Gasteiger partial charge in [0, 0.05) is 18.0 Å². The Bertz CT molecular complexity index is 837. The maximum absolute atomic E-state index is 13.0. The van der Waals surface area contributed by atoms with Gasteiger partial charge in [0.05, 0.1) is 17.9 Å². The number of aromatic carboxylic acids is 1. The fraction of sp³-hybridized carbons (Fsp3) is 0.500. The Labute approximate surface area is 160 Å². The highest BCUT2D eigenvalue weighted by molar-refractivity contribution is 8.00. The van der Waals surface area contributed by atoms with Gasteiger partial charge >= 0.3 is 5.97 Å². The zero-order valence-electron chi connectivity index (χ0n) is 14.6. The van der Waals surface area contributed by atoms with Crippen molar-refractivity contribution in [3.8, 4) is 0 Å². The van der Waals surface area contributed by atoms with Crippen LogP contribution in [0.2, 0.25) is 0 Å². The van der Waals surface area contributed by atoms with Crippen molar-refractivity contribution < 1.29 is 14.7 Å². The smallest absolute Gasteiger partial charge is 0.339 e. The van der Waals surface area contributed by atoms with Gasteiger partial charge in [0.15, 0.2) is 0 Å². The molecule has 2 aromatic rings. The number of carbonyl (C=O) groups is 2. The van der Waals surface area contributed by atoms with Gasteiger partial charge in [-0.15, -0.1) is 23.1 Å². The molecule has 1 amide bonds. The third kappa shape index (κ3) is 3.05. The van der Waals surface area contributed by atoms with Crippen LogP contribution in [-0.4, -0.2) is 50.5 Å². The molecule has 0 aliphatic carbocycles. The number of carboxylic acids is 1. The average molecular weight is 392 g/mol. The number of likely N-dealkylation sites (tertiary alicyclic amines) is 1. The van der Waals surface area contributed by atoms with E-state index >= 15 is 0 Å². The number of aromatic nitrogens is 2. The number of amides is 1. The standard InChI is InChI=1S/C18H21N3O3S2/c1-11-14(18(23)24)10-19-21(11)12-2-6-20(7-3-12)17(22)16-13-4-8-25-15(13)5-9-26-16/h4,8,10,12,16H,2-3,5-7,9H2,1H3,(H,23,24). The molecule has 1 saturated heterocycles. The minimum atomic E-state index is -0.942. The summed E-state index contributed by atoms with van der Waals surface area (Å²) < 4.78 is 1.82. The first-order valence-electron chi connectivity index (χ1n) is 8.80. The largest absolute Gasteiger partial charge is 0.478 e. The first-order valence-corrected chi connectivity index (χ1v) is 10.7. The molecular weight excluding hydrogens is 370 g/mol. The van der Waals surface area contributed by atoms with Crippen LogP contribution in [0.5, 0.6) is 0 Å². The third-order valence-corrected chi connectivity index (χ3v) is 7.52. The number of aryl methyl sites for hydroxylation is 1. The molecule has 0 bridgehead atoms. The molecule has 0 spiro atoms. The van der Waals surface area contributed by atoms with Gasteiger partial charge in [-0.1, -0.05) is 0 Å². The van der Waals surface area contributed by atoms with Gasteiger partial charge in [-0.3, -0.25) is 9.48 Å². The number of hydrogen-bond acceptors (Lipinski definition) is 5. The predicted octanol–water partition coefficient (Wildman–Crippen LogP) is 3.15. The highest BCUT2D eigenvalue weighted by atomic mass is 32.2. The average Bonchev–Trinajstić information content (AvgIpc) is 3.27. The van der Waals surface area contributed by atoms with Crippen molar-refractivity contribution in [1.29, 1.82) is 0 Å². The zero-order chi connectivity index (χ0) is 18.3. The molecule has 0 radical (unpaired) electrons. The summed E-state index contributed by atoms with van der Waals surface area (Å²) in [5.41, 5.74) is 2.15. The van der Waals surface area contributed by atoms with Gasteiger partial charge in [-0.2, -0.15) is 5.10 Å². The molecular formula is C18H21N3O3S2. The molecule has 26 heavy (non-hydrogen) atoms. The second kappa shape index (κ2) is 7.08. The fourth-order valence-electron chi connectivity index (χ4n) is 3.85. The Hall–Kier alpha value is -1.80. The van der Waals surface area contributed by atoms with Crippen LogP contribution >= 0.6 is 23.1 Å². The molecule has 0 saturated carbocycles. The Kier molecular flexibility index (Phi) is 4.79. The lowest BCUT2D eigenvalue weighted by atomic mass is 10.0. The summed E-state index contributed by atoms with van der Waals surface area (Å²) in [4.78, 5) is 27.6. The summed E-state index contributed by atoms with van der Waals surface area (Å²) in [6.45, 7) is 3.19. The number of piperidine rings is 1. The first-order chi connectivity index (χ1) is 12.6. The minimum Gasteiger partial charge on any atom is -0.478 e. The molecule has 4 rings (SSSR count). The Morgan fingerprint density at radius 1 is 1.31 bits per heavy atom. The predicted molar refractivity (Wildman–Crippen MR) is 102 cm³/mol. The SMILES string of the molecule is Cc1c(C(=O)O)cnn1C1CCN(C(=O)C2SCCc3sccc32)CC1. The number of fused-ring (bicyclic) bond motifs is 1. The van der Waals surface area contributed by atoms with Crippen LogP contribution < -0.4 is 0 Å². The van der Waals surface area contributed by atoms with E-state index in [1.165, 1.54) is 16.6 Å². The van der Waals surface area contributed by atoms with Crippen LogP contribution in [0.3, 0.4) is 0 Å². The second-order valence-electron chi connectivity index (χ2n) is 6.75. The van der Waals surface area contributed by atoms with Crippen LogP contribution in [0.15, 0.2) is 17.6 Å². The zero-order valence-corrected chi connectivity index (χ0v) is 16.2. The summed E-state index contributed by atoms with van der Waals surface area (Å²) in [7, 11) is 0. The van der Waals surface area contributed by atoms with E-state index in [1.54, 1.807) is 30.0 Å². The lowest BCUT2D eigenvalue weighted by Crippen LogP contribution is -2.41. The number of carbonyl (C=O) groups excluding carboxylic acids is 1. The number of thiophene rings is 1. The van der Waals surface area contributed by atoms with Gasteiger partial charge in [-0.05, 0) is 48.9 Å². The van der Waals surface area contributed by atoms with Crippen molar-refractivity contribution in [2.24, 2.45) is 0 Å². The molecule has 1 N–H and O–H groups in total. The second-order valence-corrected chi connectivity index (χ2v) is 8.96. The highest BCUT2D eigenvalue weighted by Crippen LogP contribution is 2.41.